The Bertz CT molecular complexity index is 1130. The fourth-order valence-electron chi connectivity index (χ4n) is 3.27. The summed E-state index contributed by atoms with van der Waals surface area (Å²) >= 11 is 0. The lowest BCUT2D eigenvalue weighted by atomic mass is 10.0. The van der Waals surface area contributed by atoms with Crippen molar-refractivity contribution in [3.05, 3.63) is 47.3 Å². The molecule has 0 bridgehead atoms. The van der Waals surface area contributed by atoms with Crippen LogP contribution in [-0.2, 0) is 13.0 Å². The summed E-state index contributed by atoms with van der Waals surface area (Å²) in [6, 6.07) is 6.28. The van der Waals surface area contributed by atoms with Gasteiger partial charge in [-0.05, 0) is 53.1 Å². The van der Waals surface area contributed by atoms with Crippen LogP contribution in [0.4, 0.5) is 10.6 Å². The Balaban J connectivity index is 1.54. The number of nitrogens with one attached hydrogen (secondary N) is 1. The predicted octanol–water partition coefficient (Wildman–Crippen LogP) is 0.972. The van der Waals surface area contributed by atoms with Gasteiger partial charge < -0.3 is 20.4 Å². The number of rotatable bonds is 5. The lowest BCUT2D eigenvalue weighted by Crippen LogP contribution is -2.35. The Labute approximate surface area is 176 Å². The molecule has 12 nitrogen and oxygen atoms in total. The van der Waals surface area contributed by atoms with Crippen LogP contribution in [0.5, 0.6) is 0 Å². The Morgan fingerprint density at radius 3 is 2.90 bits per heavy atom. The summed E-state index contributed by atoms with van der Waals surface area (Å²) < 4.78 is 1.45. The van der Waals surface area contributed by atoms with E-state index in [4.69, 9.17) is 0 Å². The number of nitrogens with zero attached hydrogens (tertiary/aromatic N) is 7. The fraction of sp³-hybridized carbons (Fsp3) is 0.316. The lowest BCUT2D eigenvalue weighted by Gasteiger charge is -2.26. The number of aliphatic hydroxyl groups is 1. The van der Waals surface area contributed by atoms with Crippen LogP contribution in [-0.4, -0.2) is 70.4 Å². The number of amides is 2. The van der Waals surface area contributed by atoms with Crippen LogP contribution >= 0.6 is 0 Å². The molecule has 4 heterocycles. The molecule has 0 fully saturated rings. The minimum atomic E-state index is -0.993. The van der Waals surface area contributed by atoms with Gasteiger partial charge in [-0.15, -0.1) is 5.10 Å². The number of aliphatic hydroxyl groups excluding tert-OH is 1. The van der Waals surface area contributed by atoms with Gasteiger partial charge in [-0.1, -0.05) is 6.07 Å². The zero-order valence-corrected chi connectivity index (χ0v) is 16.6. The highest BCUT2D eigenvalue weighted by Gasteiger charge is 2.22. The highest BCUT2D eigenvalue weighted by molar-refractivity contribution is 6.02. The van der Waals surface area contributed by atoms with Gasteiger partial charge in [0.1, 0.15) is 17.2 Å². The zero-order chi connectivity index (χ0) is 22.0. The second-order valence-electron chi connectivity index (χ2n) is 7.13. The standard InChI is InChI=1S/C19H20N8O4/c1-11(10-28)27-17(23-24-25-27)14-3-2-4-16(21-14)22-18(29)15-7-13-9-26(19(30)31)6-5-12(13)8-20-15/h2-4,7-8,11,28H,5-6,9-10H2,1H3,(H,30,31)(H,21,22,29)/t11-/m1/s1. The molecular formula is C19H20N8O4. The van der Waals surface area contributed by atoms with E-state index in [1.165, 1.54) is 9.58 Å². The first-order valence-electron chi connectivity index (χ1n) is 9.59. The van der Waals surface area contributed by atoms with E-state index >= 15 is 0 Å². The number of aromatic nitrogens is 6. The van der Waals surface area contributed by atoms with Crippen LogP contribution in [0.2, 0.25) is 0 Å². The van der Waals surface area contributed by atoms with Gasteiger partial charge in [0, 0.05) is 19.3 Å². The number of hydrogen-bond acceptors (Lipinski definition) is 8. The smallest absolute Gasteiger partial charge is 0.407 e. The van der Waals surface area contributed by atoms with Crippen LogP contribution in [0.15, 0.2) is 30.5 Å². The number of carbonyl (C=O) groups is 2. The molecule has 0 spiro atoms. The largest absolute Gasteiger partial charge is 0.465 e. The average molecular weight is 424 g/mol. The molecule has 2 amide bonds. The van der Waals surface area contributed by atoms with Crippen molar-refractivity contribution in [1.29, 1.82) is 0 Å². The molecule has 160 valence electrons. The van der Waals surface area contributed by atoms with Gasteiger partial charge in [0.2, 0.25) is 5.82 Å². The minimum Gasteiger partial charge on any atom is -0.465 e. The third kappa shape index (κ3) is 4.19. The molecule has 3 N–H and O–H groups in total. The third-order valence-corrected chi connectivity index (χ3v) is 4.99. The Morgan fingerprint density at radius 1 is 1.29 bits per heavy atom. The summed E-state index contributed by atoms with van der Waals surface area (Å²) in [6.45, 7) is 2.24. The van der Waals surface area contributed by atoms with Crippen LogP contribution in [0.3, 0.4) is 0 Å². The molecule has 1 atom stereocenters. The van der Waals surface area contributed by atoms with Gasteiger partial charge in [0.05, 0.1) is 12.6 Å². The molecular weight excluding hydrogens is 404 g/mol. The summed E-state index contributed by atoms with van der Waals surface area (Å²) in [5.74, 6) is 0.168. The Hall–Kier alpha value is -3.93. The highest BCUT2D eigenvalue weighted by Crippen LogP contribution is 2.21. The molecule has 0 radical (unpaired) electrons. The SMILES string of the molecule is C[C@H](CO)n1nnnc1-c1cccc(NC(=O)c2cc3c(cn2)CCN(C(=O)O)C3)n1. The van der Waals surface area contributed by atoms with Crippen molar-refractivity contribution in [1.82, 2.24) is 35.1 Å². The molecule has 12 heteroatoms. The Morgan fingerprint density at radius 2 is 2.13 bits per heavy atom. The molecule has 4 rings (SSSR count). The van der Waals surface area contributed by atoms with Crippen LogP contribution in [0.1, 0.15) is 34.6 Å². The number of hydrogen-bond donors (Lipinski definition) is 3. The summed E-state index contributed by atoms with van der Waals surface area (Å²) in [4.78, 5) is 33.8. The molecule has 0 saturated carbocycles. The van der Waals surface area contributed by atoms with Gasteiger partial charge in [0.25, 0.3) is 5.91 Å². The normalized spacial score (nSPS) is 14.1. The van der Waals surface area contributed by atoms with Crippen LogP contribution in [0, 0.1) is 0 Å². The van der Waals surface area contributed by atoms with Gasteiger partial charge in [-0.25, -0.2) is 14.5 Å². The molecule has 1 aliphatic rings. The predicted molar refractivity (Wildman–Crippen MR) is 107 cm³/mol. The number of tetrazole rings is 1. The van der Waals surface area contributed by atoms with Gasteiger partial charge in [0.15, 0.2) is 0 Å². The van der Waals surface area contributed by atoms with Crippen molar-refractivity contribution in [2.45, 2.75) is 25.9 Å². The van der Waals surface area contributed by atoms with E-state index in [1.807, 2.05) is 0 Å². The minimum absolute atomic E-state index is 0.141. The maximum atomic E-state index is 12.7. The summed E-state index contributed by atoms with van der Waals surface area (Å²) in [5, 5.41) is 32.7. The first-order valence-corrected chi connectivity index (χ1v) is 9.59. The molecule has 31 heavy (non-hydrogen) atoms. The number of pyridine rings is 2. The fourth-order valence-corrected chi connectivity index (χ4v) is 3.27. The first-order chi connectivity index (χ1) is 15.0. The zero-order valence-electron chi connectivity index (χ0n) is 16.6. The van der Waals surface area contributed by atoms with Crippen molar-refractivity contribution in [2.75, 3.05) is 18.5 Å². The molecule has 0 unspecified atom stereocenters. The van der Waals surface area contributed by atoms with E-state index in [2.05, 4.69) is 30.8 Å². The molecule has 0 aliphatic carbocycles. The molecule has 1 aliphatic heterocycles. The van der Waals surface area contributed by atoms with Gasteiger partial charge >= 0.3 is 6.09 Å². The van der Waals surface area contributed by atoms with Crippen LogP contribution in [0.25, 0.3) is 11.5 Å². The van der Waals surface area contributed by atoms with Crippen molar-refractivity contribution >= 4 is 17.8 Å². The third-order valence-electron chi connectivity index (χ3n) is 4.99. The summed E-state index contributed by atoms with van der Waals surface area (Å²) in [6.07, 6.45) is 1.17. The number of carboxylic acid groups (broad SMARTS) is 1. The molecule has 3 aromatic heterocycles. The van der Waals surface area contributed by atoms with E-state index in [-0.39, 0.29) is 30.7 Å². The average Bonchev–Trinajstić information content (AvgIpc) is 3.28. The summed E-state index contributed by atoms with van der Waals surface area (Å²) in [5.41, 5.74) is 2.28. The molecule has 0 saturated heterocycles. The highest BCUT2D eigenvalue weighted by atomic mass is 16.4. The monoisotopic (exact) mass is 424 g/mol. The van der Waals surface area contributed by atoms with Crippen molar-refractivity contribution < 1.29 is 19.8 Å². The van der Waals surface area contributed by atoms with E-state index < -0.39 is 12.0 Å². The first kappa shape index (κ1) is 20.3. The van der Waals surface area contributed by atoms with E-state index in [0.717, 1.165) is 11.1 Å². The van der Waals surface area contributed by atoms with E-state index in [1.54, 1.807) is 37.4 Å². The van der Waals surface area contributed by atoms with Crippen molar-refractivity contribution in [2.24, 2.45) is 0 Å². The van der Waals surface area contributed by atoms with Gasteiger partial charge in [-0.2, -0.15) is 0 Å². The topological polar surface area (TPSA) is 159 Å². The van der Waals surface area contributed by atoms with E-state index in [0.29, 0.717) is 24.5 Å². The summed E-state index contributed by atoms with van der Waals surface area (Å²) in [7, 11) is 0. The maximum absolute atomic E-state index is 12.7. The lowest BCUT2D eigenvalue weighted by molar-refractivity contribution is 0.102. The van der Waals surface area contributed by atoms with Crippen molar-refractivity contribution in [3.8, 4) is 11.5 Å². The van der Waals surface area contributed by atoms with Crippen LogP contribution < -0.4 is 5.32 Å². The second kappa shape index (κ2) is 8.44. The number of carbonyl (C=O) groups excluding carboxylic acids is 1. The second-order valence-corrected chi connectivity index (χ2v) is 7.13. The molecule has 0 aromatic carbocycles. The number of anilines is 1. The van der Waals surface area contributed by atoms with Gasteiger partial charge in [-0.3, -0.25) is 9.78 Å². The Kier molecular flexibility index (Phi) is 5.54. The van der Waals surface area contributed by atoms with E-state index in [9.17, 15) is 19.8 Å². The van der Waals surface area contributed by atoms with Crippen molar-refractivity contribution in [3.63, 3.8) is 0 Å². The molecule has 3 aromatic rings. The quantitative estimate of drug-likeness (QED) is 0.542. The number of fused-ring (bicyclic) bond motifs is 1. The maximum Gasteiger partial charge on any atom is 0.407 e.